The van der Waals surface area contributed by atoms with Gasteiger partial charge in [0, 0.05) is 11.8 Å². The van der Waals surface area contributed by atoms with Gasteiger partial charge in [0.25, 0.3) is 0 Å². The number of nitrogens with one attached hydrogen (secondary N) is 1. The van der Waals surface area contributed by atoms with E-state index in [2.05, 4.69) is 15.3 Å². The summed E-state index contributed by atoms with van der Waals surface area (Å²) in [5.41, 5.74) is 0. The molecule has 1 saturated heterocycles. The van der Waals surface area contributed by atoms with E-state index < -0.39 is 5.82 Å². The Bertz CT molecular complexity index is 271. The average Bonchev–Trinajstić information content (AvgIpc) is 2.62. The number of thioether (sulfide) groups is 1. The molecule has 2 heterocycles. The lowest BCUT2D eigenvalue weighted by Crippen LogP contribution is -2.19. The molecule has 0 radical (unpaired) electrons. The Morgan fingerprint density at radius 3 is 2.85 bits per heavy atom. The highest BCUT2D eigenvalue weighted by Gasteiger charge is 2.15. The molecule has 1 aromatic rings. The fourth-order valence-corrected chi connectivity index (χ4v) is 2.37. The van der Waals surface area contributed by atoms with E-state index in [-0.39, 0.29) is 0 Å². The van der Waals surface area contributed by atoms with Gasteiger partial charge in [-0.1, -0.05) is 0 Å². The fraction of sp³-hybridized carbons (Fsp3) is 0.500. The topological polar surface area (TPSA) is 37.8 Å². The number of aromatic nitrogens is 2. The second-order valence-corrected chi connectivity index (χ2v) is 4.08. The monoisotopic (exact) mass is 199 g/mol. The Kier molecular flexibility index (Phi) is 2.63. The number of hydrogen-bond donors (Lipinski definition) is 1. The summed E-state index contributed by atoms with van der Waals surface area (Å²) in [7, 11) is 0. The van der Waals surface area contributed by atoms with Crippen molar-refractivity contribution in [2.75, 3.05) is 16.8 Å². The van der Waals surface area contributed by atoms with E-state index in [0.29, 0.717) is 12.0 Å². The van der Waals surface area contributed by atoms with Crippen LogP contribution >= 0.6 is 11.8 Å². The van der Waals surface area contributed by atoms with Gasteiger partial charge in [0.2, 0.25) is 5.95 Å². The first kappa shape index (κ1) is 8.74. The van der Waals surface area contributed by atoms with E-state index in [1.54, 1.807) is 0 Å². The highest BCUT2D eigenvalue weighted by molar-refractivity contribution is 7.99. The lowest BCUT2D eigenvalue weighted by molar-refractivity contribution is 0.613. The molecule has 0 unspecified atom stereocenters. The molecule has 0 saturated carbocycles. The van der Waals surface area contributed by atoms with Crippen LogP contribution in [-0.4, -0.2) is 27.5 Å². The Morgan fingerprint density at radius 1 is 1.46 bits per heavy atom. The van der Waals surface area contributed by atoms with Crippen molar-refractivity contribution < 1.29 is 4.39 Å². The smallest absolute Gasteiger partial charge is 0.223 e. The molecule has 13 heavy (non-hydrogen) atoms. The van der Waals surface area contributed by atoms with Gasteiger partial charge in [0.05, 0.1) is 12.4 Å². The third kappa shape index (κ3) is 2.30. The van der Waals surface area contributed by atoms with Gasteiger partial charge in [-0.2, -0.15) is 11.8 Å². The van der Waals surface area contributed by atoms with Crippen LogP contribution < -0.4 is 5.32 Å². The van der Waals surface area contributed by atoms with Crippen molar-refractivity contribution in [3.05, 3.63) is 18.2 Å². The highest BCUT2D eigenvalue weighted by Crippen LogP contribution is 2.19. The zero-order valence-corrected chi connectivity index (χ0v) is 7.85. The van der Waals surface area contributed by atoms with Gasteiger partial charge in [0.15, 0.2) is 5.82 Å². The number of nitrogens with zero attached hydrogens (tertiary/aromatic N) is 2. The van der Waals surface area contributed by atoms with Crippen molar-refractivity contribution in [1.82, 2.24) is 9.97 Å². The first-order valence-corrected chi connectivity index (χ1v) is 5.32. The molecule has 1 aliphatic heterocycles. The lowest BCUT2D eigenvalue weighted by atomic mass is 10.3. The lowest BCUT2D eigenvalue weighted by Gasteiger charge is -2.09. The Labute approximate surface area is 80.2 Å². The van der Waals surface area contributed by atoms with Crippen LogP contribution in [0.4, 0.5) is 10.3 Å². The van der Waals surface area contributed by atoms with Crippen LogP contribution in [-0.2, 0) is 0 Å². The molecule has 0 aromatic carbocycles. The molecule has 0 amide bonds. The molecule has 0 bridgehead atoms. The summed E-state index contributed by atoms with van der Waals surface area (Å²) in [4.78, 5) is 7.67. The van der Waals surface area contributed by atoms with Gasteiger partial charge in [-0.15, -0.1) is 0 Å². The maximum atomic E-state index is 12.4. The minimum Gasteiger partial charge on any atom is -0.351 e. The SMILES string of the molecule is Fc1cnc(N[C@@H]2CCSC2)nc1. The van der Waals surface area contributed by atoms with Crippen molar-refractivity contribution in [3.8, 4) is 0 Å². The van der Waals surface area contributed by atoms with Gasteiger partial charge >= 0.3 is 0 Å². The number of anilines is 1. The number of hydrogen-bond acceptors (Lipinski definition) is 4. The minimum absolute atomic E-state index is 0.397. The fourth-order valence-electron chi connectivity index (χ4n) is 1.22. The van der Waals surface area contributed by atoms with Crippen LogP contribution in [0.2, 0.25) is 0 Å². The normalized spacial score (nSPS) is 21.8. The summed E-state index contributed by atoms with van der Waals surface area (Å²) in [5, 5.41) is 3.16. The quantitative estimate of drug-likeness (QED) is 0.784. The van der Waals surface area contributed by atoms with Crippen molar-refractivity contribution in [3.63, 3.8) is 0 Å². The Morgan fingerprint density at radius 2 is 2.23 bits per heavy atom. The Hall–Kier alpha value is -0.840. The third-order valence-corrected chi connectivity index (χ3v) is 3.05. The van der Waals surface area contributed by atoms with Crippen LogP contribution in [0, 0.1) is 5.82 Å². The molecule has 0 aliphatic carbocycles. The van der Waals surface area contributed by atoms with Gasteiger partial charge in [-0.25, -0.2) is 14.4 Å². The second-order valence-electron chi connectivity index (χ2n) is 2.93. The second kappa shape index (κ2) is 3.91. The van der Waals surface area contributed by atoms with Gasteiger partial charge in [-0.05, 0) is 12.2 Å². The molecule has 1 fully saturated rings. The van der Waals surface area contributed by atoms with Gasteiger partial charge in [-0.3, -0.25) is 0 Å². The zero-order chi connectivity index (χ0) is 9.10. The molecule has 0 spiro atoms. The molecule has 1 N–H and O–H groups in total. The summed E-state index contributed by atoms with van der Waals surface area (Å²) in [6.07, 6.45) is 3.49. The van der Waals surface area contributed by atoms with E-state index in [0.717, 1.165) is 12.2 Å². The van der Waals surface area contributed by atoms with Crippen LogP contribution in [0.5, 0.6) is 0 Å². The summed E-state index contributed by atoms with van der Waals surface area (Å²) in [6.45, 7) is 0. The van der Waals surface area contributed by atoms with Crippen molar-refractivity contribution in [2.24, 2.45) is 0 Å². The largest absolute Gasteiger partial charge is 0.351 e. The molecule has 2 rings (SSSR count). The average molecular weight is 199 g/mol. The minimum atomic E-state index is -0.397. The Balaban J connectivity index is 1.97. The molecule has 3 nitrogen and oxygen atoms in total. The van der Waals surface area contributed by atoms with E-state index in [1.165, 1.54) is 18.1 Å². The molecule has 70 valence electrons. The molecule has 5 heteroatoms. The van der Waals surface area contributed by atoms with E-state index in [9.17, 15) is 4.39 Å². The summed E-state index contributed by atoms with van der Waals surface area (Å²) < 4.78 is 12.4. The van der Waals surface area contributed by atoms with E-state index >= 15 is 0 Å². The van der Waals surface area contributed by atoms with Crippen molar-refractivity contribution in [1.29, 1.82) is 0 Å². The van der Waals surface area contributed by atoms with Gasteiger partial charge < -0.3 is 5.32 Å². The van der Waals surface area contributed by atoms with Crippen LogP contribution in [0.1, 0.15) is 6.42 Å². The number of rotatable bonds is 2. The van der Waals surface area contributed by atoms with Crippen LogP contribution in [0.15, 0.2) is 12.4 Å². The molecular formula is C8H10FN3S. The van der Waals surface area contributed by atoms with Crippen molar-refractivity contribution >= 4 is 17.7 Å². The third-order valence-electron chi connectivity index (χ3n) is 1.88. The molecule has 1 aliphatic rings. The summed E-state index contributed by atoms with van der Waals surface area (Å²) in [6, 6.07) is 0.440. The number of halogens is 1. The first-order valence-electron chi connectivity index (χ1n) is 4.16. The zero-order valence-electron chi connectivity index (χ0n) is 7.03. The molecule has 1 atom stereocenters. The van der Waals surface area contributed by atoms with Crippen LogP contribution in [0.3, 0.4) is 0 Å². The molecule has 1 aromatic heterocycles. The van der Waals surface area contributed by atoms with Crippen molar-refractivity contribution in [2.45, 2.75) is 12.5 Å². The maximum absolute atomic E-state index is 12.4. The first-order chi connectivity index (χ1) is 6.34. The standard InChI is InChI=1S/C8H10FN3S/c9-6-3-10-8(11-4-6)12-7-1-2-13-5-7/h3-4,7H,1-2,5H2,(H,10,11,12)/t7-/m1/s1. The van der Waals surface area contributed by atoms with E-state index in [1.807, 2.05) is 11.8 Å². The van der Waals surface area contributed by atoms with Crippen LogP contribution in [0.25, 0.3) is 0 Å². The predicted octanol–water partition coefficient (Wildman–Crippen LogP) is 1.53. The van der Waals surface area contributed by atoms with E-state index in [4.69, 9.17) is 0 Å². The maximum Gasteiger partial charge on any atom is 0.223 e. The predicted molar refractivity (Wildman–Crippen MR) is 51.3 cm³/mol. The summed E-state index contributed by atoms with van der Waals surface area (Å²) in [5.74, 6) is 2.39. The molecular weight excluding hydrogens is 189 g/mol. The highest BCUT2D eigenvalue weighted by atomic mass is 32.2. The van der Waals surface area contributed by atoms with Gasteiger partial charge in [0.1, 0.15) is 0 Å². The summed E-state index contributed by atoms with van der Waals surface area (Å²) >= 11 is 1.91.